The molecule has 0 N–H and O–H groups in total. The summed E-state index contributed by atoms with van der Waals surface area (Å²) in [5, 5.41) is 2.45. The third-order valence-corrected chi connectivity index (χ3v) is 7.67. The standard InChI is InChI=1S/C37H36N2/c1-36(2,3)30-21-14-22-31(37(4,5)6)34(30)39-33-29-20-13-19-27(25-15-9-7-10-16-25)28(29)23-24-32(33)38-35(39)26-17-11-8-12-18-26/h7-24H,1-6H3. The van der Waals surface area contributed by atoms with E-state index in [0.717, 1.165) is 22.4 Å². The zero-order valence-corrected chi connectivity index (χ0v) is 23.8. The number of aromatic nitrogens is 2. The van der Waals surface area contributed by atoms with Crippen LogP contribution in [-0.4, -0.2) is 9.55 Å². The van der Waals surface area contributed by atoms with Crippen molar-refractivity contribution in [3.05, 3.63) is 120 Å². The van der Waals surface area contributed by atoms with Gasteiger partial charge in [-0.1, -0.05) is 145 Å². The molecule has 2 nitrogen and oxygen atoms in total. The van der Waals surface area contributed by atoms with Crippen LogP contribution in [0.3, 0.4) is 0 Å². The Morgan fingerprint density at radius 1 is 0.513 bits per heavy atom. The number of hydrogen-bond acceptors (Lipinski definition) is 1. The van der Waals surface area contributed by atoms with Crippen LogP contribution >= 0.6 is 0 Å². The zero-order valence-electron chi connectivity index (χ0n) is 23.8. The SMILES string of the molecule is CC(C)(C)c1cccc(C(C)(C)C)c1-n1c(-c2ccccc2)nc2ccc3c(-c4ccccc4)cccc3c21. The molecule has 0 aliphatic carbocycles. The Kier molecular flexibility index (Phi) is 5.95. The smallest absolute Gasteiger partial charge is 0.145 e. The van der Waals surface area contributed by atoms with Crippen LogP contribution in [0.1, 0.15) is 52.7 Å². The molecule has 0 amide bonds. The molecule has 1 aromatic heterocycles. The molecule has 6 rings (SSSR count). The van der Waals surface area contributed by atoms with Crippen molar-refractivity contribution in [2.75, 3.05) is 0 Å². The maximum Gasteiger partial charge on any atom is 0.145 e. The highest BCUT2D eigenvalue weighted by Crippen LogP contribution is 2.43. The van der Waals surface area contributed by atoms with Gasteiger partial charge in [0, 0.05) is 10.9 Å². The van der Waals surface area contributed by atoms with Crippen molar-refractivity contribution in [3.63, 3.8) is 0 Å². The van der Waals surface area contributed by atoms with E-state index in [1.807, 2.05) is 0 Å². The molecule has 0 unspecified atom stereocenters. The third-order valence-electron chi connectivity index (χ3n) is 7.67. The normalized spacial score (nSPS) is 12.4. The lowest BCUT2D eigenvalue weighted by Gasteiger charge is -2.31. The number of para-hydroxylation sites is 1. The molecule has 39 heavy (non-hydrogen) atoms. The number of imidazole rings is 1. The number of benzene rings is 5. The van der Waals surface area contributed by atoms with Crippen LogP contribution in [0.2, 0.25) is 0 Å². The Morgan fingerprint density at radius 3 is 1.67 bits per heavy atom. The minimum atomic E-state index is -0.0546. The van der Waals surface area contributed by atoms with Crippen molar-refractivity contribution in [1.29, 1.82) is 0 Å². The first-order chi connectivity index (χ1) is 18.6. The predicted octanol–water partition coefficient (Wildman–Crippen LogP) is 10.1. The van der Waals surface area contributed by atoms with Crippen LogP contribution in [0.5, 0.6) is 0 Å². The molecule has 1 heterocycles. The summed E-state index contributed by atoms with van der Waals surface area (Å²) in [7, 11) is 0. The molecule has 0 fully saturated rings. The largest absolute Gasteiger partial charge is 0.291 e. The molecule has 0 aliphatic heterocycles. The van der Waals surface area contributed by atoms with Gasteiger partial charge in [-0.2, -0.15) is 0 Å². The second-order valence-corrected chi connectivity index (χ2v) is 12.5. The van der Waals surface area contributed by atoms with E-state index in [4.69, 9.17) is 4.98 Å². The van der Waals surface area contributed by atoms with E-state index in [0.29, 0.717) is 0 Å². The molecule has 0 saturated carbocycles. The first-order valence-corrected chi connectivity index (χ1v) is 13.8. The van der Waals surface area contributed by atoms with Crippen molar-refractivity contribution in [1.82, 2.24) is 9.55 Å². The van der Waals surface area contributed by atoms with Gasteiger partial charge in [0.05, 0.1) is 16.7 Å². The van der Waals surface area contributed by atoms with E-state index in [1.54, 1.807) is 0 Å². The molecule has 0 saturated heterocycles. The van der Waals surface area contributed by atoms with Crippen molar-refractivity contribution in [2.24, 2.45) is 0 Å². The third kappa shape index (κ3) is 4.34. The molecule has 0 radical (unpaired) electrons. The van der Waals surface area contributed by atoms with Crippen LogP contribution < -0.4 is 0 Å². The fraction of sp³-hybridized carbons (Fsp3) is 0.216. The Balaban J connectivity index is 1.83. The molecule has 6 aromatic rings. The van der Waals surface area contributed by atoms with Gasteiger partial charge in [0.25, 0.3) is 0 Å². The van der Waals surface area contributed by atoms with Gasteiger partial charge in [-0.15, -0.1) is 0 Å². The van der Waals surface area contributed by atoms with E-state index in [-0.39, 0.29) is 10.8 Å². The lowest BCUT2D eigenvalue weighted by atomic mass is 9.78. The monoisotopic (exact) mass is 508 g/mol. The summed E-state index contributed by atoms with van der Waals surface area (Å²) in [6.45, 7) is 13.9. The minimum absolute atomic E-state index is 0.0546. The molecular formula is C37H36N2. The Labute approximate surface area is 232 Å². The molecule has 5 aromatic carbocycles. The molecule has 2 heteroatoms. The van der Waals surface area contributed by atoms with Crippen LogP contribution in [-0.2, 0) is 10.8 Å². The first kappa shape index (κ1) is 25.1. The van der Waals surface area contributed by atoms with E-state index in [1.165, 1.54) is 38.7 Å². The van der Waals surface area contributed by atoms with Crippen LogP contribution in [0, 0.1) is 0 Å². The van der Waals surface area contributed by atoms with Gasteiger partial charge in [0.15, 0.2) is 0 Å². The lowest BCUT2D eigenvalue weighted by Crippen LogP contribution is -2.22. The maximum atomic E-state index is 5.32. The summed E-state index contributed by atoms with van der Waals surface area (Å²) >= 11 is 0. The van der Waals surface area contributed by atoms with Crippen molar-refractivity contribution < 1.29 is 0 Å². The summed E-state index contributed by atoms with van der Waals surface area (Å²) in [6.07, 6.45) is 0. The number of nitrogens with zero attached hydrogens (tertiary/aromatic N) is 2. The topological polar surface area (TPSA) is 17.8 Å². The van der Waals surface area contributed by atoms with Gasteiger partial charge in [-0.05, 0) is 44.5 Å². The van der Waals surface area contributed by atoms with E-state index < -0.39 is 0 Å². The molecule has 194 valence electrons. The summed E-state index contributed by atoms with van der Waals surface area (Å²) in [5.74, 6) is 0.977. The van der Waals surface area contributed by atoms with Gasteiger partial charge < -0.3 is 0 Å². The highest BCUT2D eigenvalue weighted by molar-refractivity contribution is 6.11. The average Bonchev–Trinajstić information content (AvgIpc) is 3.32. The second-order valence-electron chi connectivity index (χ2n) is 12.5. The van der Waals surface area contributed by atoms with Crippen LogP contribution in [0.15, 0.2) is 109 Å². The summed E-state index contributed by atoms with van der Waals surface area (Å²) in [4.78, 5) is 5.32. The molecule has 0 spiro atoms. The highest BCUT2D eigenvalue weighted by atomic mass is 15.1. The van der Waals surface area contributed by atoms with Crippen molar-refractivity contribution in [2.45, 2.75) is 52.4 Å². The Bertz CT molecular complexity index is 1760. The number of fused-ring (bicyclic) bond motifs is 3. The van der Waals surface area contributed by atoms with Gasteiger partial charge in [0.2, 0.25) is 0 Å². The zero-order chi connectivity index (χ0) is 27.4. The average molecular weight is 509 g/mol. The molecule has 0 bridgehead atoms. The van der Waals surface area contributed by atoms with Crippen LogP contribution in [0.25, 0.3) is 50.0 Å². The molecule has 0 atom stereocenters. The van der Waals surface area contributed by atoms with E-state index in [9.17, 15) is 0 Å². The quantitative estimate of drug-likeness (QED) is 0.232. The first-order valence-electron chi connectivity index (χ1n) is 13.8. The van der Waals surface area contributed by atoms with Gasteiger partial charge >= 0.3 is 0 Å². The summed E-state index contributed by atoms with van der Waals surface area (Å²) in [6, 6.07) is 39.2. The Morgan fingerprint density at radius 2 is 1.08 bits per heavy atom. The molecular weight excluding hydrogens is 472 g/mol. The summed E-state index contributed by atoms with van der Waals surface area (Å²) < 4.78 is 2.46. The van der Waals surface area contributed by atoms with Gasteiger partial charge in [0.1, 0.15) is 5.82 Å². The highest BCUT2D eigenvalue weighted by Gasteiger charge is 2.29. The summed E-state index contributed by atoms with van der Waals surface area (Å²) in [5.41, 5.74) is 9.53. The van der Waals surface area contributed by atoms with E-state index in [2.05, 4.69) is 155 Å². The number of rotatable bonds is 3. The van der Waals surface area contributed by atoms with Gasteiger partial charge in [-0.3, -0.25) is 4.57 Å². The van der Waals surface area contributed by atoms with Gasteiger partial charge in [-0.25, -0.2) is 4.98 Å². The fourth-order valence-electron chi connectivity index (χ4n) is 5.79. The fourth-order valence-corrected chi connectivity index (χ4v) is 5.79. The van der Waals surface area contributed by atoms with Crippen molar-refractivity contribution >= 4 is 21.8 Å². The predicted molar refractivity (Wildman–Crippen MR) is 167 cm³/mol. The minimum Gasteiger partial charge on any atom is -0.291 e. The van der Waals surface area contributed by atoms with Crippen molar-refractivity contribution in [3.8, 4) is 28.2 Å². The maximum absolute atomic E-state index is 5.32. The van der Waals surface area contributed by atoms with Crippen LogP contribution in [0.4, 0.5) is 0 Å². The Hall–Kier alpha value is -4.17. The van der Waals surface area contributed by atoms with E-state index >= 15 is 0 Å². The lowest BCUT2D eigenvalue weighted by molar-refractivity contribution is 0.563. The number of hydrogen-bond donors (Lipinski definition) is 0. The second kappa shape index (κ2) is 9.24. The molecule has 0 aliphatic rings.